The second-order valence-corrected chi connectivity index (χ2v) is 13.3. The highest BCUT2D eigenvalue weighted by Gasteiger charge is 2.46. The topological polar surface area (TPSA) is 121 Å². The van der Waals surface area contributed by atoms with Gasteiger partial charge in [-0.2, -0.15) is 4.98 Å². The van der Waals surface area contributed by atoms with Crippen LogP contribution in [-0.2, 0) is 33.2 Å². The number of hydrogen-bond acceptors (Lipinski definition) is 8. The molecule has 3 aromatic rings. The van der Waals surface area contributed by atoms with E-state index in [4.69, 9.17) is 19.7 Å². The quantitative estimate of drug-likeness (QED) is 0.250. The fourth-order valence-corrected chi connectivity index (χ4v) is 6.80. The molecule has 1 amide bonds. The van der Waals surface area contributed by atoms with E-state index >= 15 is 0 Å². The number of nitrogens with two attached hydrogens (primary N) is 1. The Kier molecular flexibility index (Phi) is 11.3. The third kappa shape index (κ3) is 8.05. The molecule has 1 aromatic heterocycles. The van der Waals surface area contributed by atoms with Gasteiger partial charge in [-0.1, -0.05) is 37.2 Å². The van der Waals surface area contributed by atoms with E-state index in [1.807, 2.05) is 0 Å². The van der Waals surface area contributed by atoms with Crippen LogP contribution in [0.3, 0.4) is 0 Å². The van der Waals surface area contributed by atoms with Crippen LogP contribution < -0.4 is 10.5 Å². The number of hydrogen-bond donors (Lipinski definition) is 1. The van der Waals surface area contributed by atoms with E-state index < -0.39 is 21.5 Å². The highest BCUT2D eigenvalue weighted by Crippen LogP contribution is 2.33. The van der Waals surface area contributed by atoms with Gasteiger partial charge in [-0.05, 0) is 80.3 Å². The molecule has 0 aliphatic carbocycles. The first-order valence-electron chi connectivity index (χ1n) is 14.8. The van der Waals surface area contributed by atoms with Gasteiger partial charge in [0.2, 0.25) is 17.6 Å². The normalized spacial score (nSPS) is 16.0. The van der Waals surface area contributed by atoms with Gasteiger partial charge in [0.1, 0.15) is 10.5 Å². The summed E-state index contributed by atoms with van der Waals surface area (Å²) in [5.41, 5.74) is 9.26. The number of methoxy groups -OCH3 is 1. The zero-order valence-corrected chi connectivity index (χ0v) is 26.1. The summed E-state index contributed by atoms with van der Waals surface area (Å²) in [6.45, 7) is 9.75. The first kappa shape index (κ1) is 31.8. The fourth-order valence-electron chi connectivity index (χ4n) is 5.23. The highest BCUT2D eigenvalue weighted by molar-refractivity contribution is 7.87. The minimum Gasteiger partial charge on any atom is -0.494 e. The zero-order chi connectivity index (χ0) is 30.1. The second kappa shape index (κ2) is 14.9. The molecule has 1 atom stereocenters. The van der Waals surface area contributed by atoms with Gasteiger partial charge in [0.25, 0.3) is 0 Å². The average molecular weight is 597 g/mol. The highest BCUT2D eigenvalue weighted by atomic mass is 32.2. The third-order valence-electron chi connectivity index (χ3n) is 7.93. The predicted octanol–water partition coefficient (Wildman–Crippen LogP) is 4.72. The van der Waals surface area contributed by atoms with Crippen molar-refractivity contribution in [3.05, 3.63) is 59.5 Å². The van der Waals surface area contributed by atoms with E-state index in [2.05, 4.69) is 54.0 Å². The van der Waals surface area contributed by atoms with Crippen molar-refractivity contribution in [3.8, 4) is 17.1 Å². The van der Waals surface area contributed by atoms with Gasteiger partial charge in [0.05, 0.1) is 24.0 Å². The number of likely N-dealkylation sites (tertiary alicyclic amines) is 1. The lowest BCUT2D eigenvalue weighted by Gasteiger charge is -2.38. The number of nitrogens with zero attached hydrogens (tertiary/aromatic N) is 3. The molecule has 10 heteroatoms. The molecule has 1 aliphatic heterocycles. The van der Waals surface area contributed by atoms with E-state index in [1.54, 1.807) is 31.4 Å². The van der Waals surface area contributed by atoms with Crippen molar-refractivity contribution in [2.24, 2.45) is 11.7 Å². The van der Waals surface area contributed by atoms with Crippen LogP contribution in [0.1, 0.15) is 56.5 Å². The first-order chi connectivity index (χ1) is 20.2. The minimum absolute atomic E-state index is 0.456. The van der Waals surface area contributed by atoms with Gasteiger partial charge in [-0.3, -0.25) is 9.00 Å². The molecule has 2 aromatic carbocycles. The van der Waals surface area contributed by atoms with Crippen LogP contribution in [0.5, 0.6) is 5.75 Å². The van der Waals surface area contributed by atoms with E-state index in [1.165, 1.54) is 12.0 Å². The number of benzene rings is 2. The lowest BCUT2D eigenvalue weighted by Crippen LogP contribution is -2.55. The summed E-state index contributed by atoms with van der Waals surface area (Å²) in [7, 11) is 0.110. The molecule has 0 spiro atoms. The third-order valence-corrected chi connectivity index (χ3v) is 9.95. The van der Waals surface area contributed by atoms with Gasteiger partial charge in [0.15, 0.2) is 0 Å². The Morgan fingerprint density at radius 3 is 2.50 bits per heavy atom. The lowest BCUT2D eigenvalue weighted by atomic mass is 9.95. The smallest absolute Gasteiger partial charge is 0.236 e. The molecule has 0 radical (unpaired) electrons. The molecule has 2 N–H and O–H groups in total. The summed E-state index contributed by atoms with van der Waals surface area (Å²) < 4.78 is 29.0. The van der Waals surface area contributed by atoms with Crippen LogP contribution in [0, 0.1) is 12.8 Å². The van der Waals surface area contributed by atoms with Gasteiger partial charge >= 0.3 is 0 Å². The maximum atomic E-state index is 13.5. The molecule has 1 saturated heterocycles. The van der Waals surface area contributed by atoms with Crippen molar-refractivity contribution in [2.45, 2.75) is 68.9 Å². The monoisotopic (exact) mass is 596 g/mol. The maximum Gasteiger partial charge on any atom is 0.236 e. The number of amides is 1. The van der Waals surface area contributed by atoms with Crippen molar-refractivity contribution in [2.75, 3.05) is 40.0 Å². The number of ether oxygens (including phenoxy) is 2. The first-order valence-corrected chi connectivity index (χ1v) is 16.0. The van der Waals surface area contributed by atoms with Crippen molar-refractivity contribution in [3.63, 3.8) is 0 Å². The van der Waals surface area contributed by atoms with Gasteiger partial charge in [-0.15, -0.1) is 0 Å². The fraction of sp³-hybridized carbons (Fsp3) is 0.531. The standard InChI is InChI=1S/C32H44N4O5S/c1-23(2)7-8-25-9-14-28(24(3)22-25)30-34-29(41-35-30)6-5-20-40-26-10-12-27(13-11-26)42(38)32(31(33)37)15-17-36(18-16-32)19-21-39-4/h9-14,22-23H,5-8,15-21H2,1-4H3,(H2,33,37). The van der Waals surface area contributed by atoms with E-state index in [-0.39, 0.29) is 0 Å². The van der Waals surface area contributed by atoms with Crippen LogP contribution >= 0.6 is 0 Å². The van der Waals surface area contributed by atoms with Crippen LogP contribution in [-0.4, -0.2) is 69.9 Å². The predicted molar refractivity (Wildman–Crippen MR) is 164 cm³/mol. The second-order valence-electron chi connectivity index (χ2n) is 11.5. The van der Waals surface area contributed by atoms with Crippen molar-refractivity contribution >= 4 is 16.7 Å². The Hall–Kier alpha value is -3.08. The van der Waals surface area contributed by atoms with Crippen molar-refractivity contribution in [1.29, 1.82) is 0 Å². The molecule has 0 bridgehead atoms. The minimum atomic E-state index is -1.56. The summed E-state index contributed by atoms with van der Waals surface area (Å²) in [5.74, 6) is 2.02. The van der Waals surface area contributed by atoms with Crippen LogP contribution in [0.25, 0.3) is 11.4 Å². The van der Waals surface area contributed by atoms with Gasteiger partial charge in [0, 0.05) is 43.6 Å². The number of carbonyl (C=O) groups excluding carboxylic acids is 1. The Labute approximate surface area is 251 Å². The summed E-state index contributed by atoms with van der Waals surface area (Å²) in [4.78, 5) is 19.8. The molecule has 228 valence electrons. The SMILES string of the molecule is COCCN1CCC(C(N)=O)(S(=O)c2ccc(OCCCc3nc(-c4ccc(CCC(C)C)cc4C)no3)cc2)CC1. The molecule has 2 heterocycles. The molecule has 42 heavy (non-hydrogen) atoms. The van der Waals surface area contributed by atoms with Crippen molar-refractivity contribution < 1.29 is 23.0 Å². The largest absolute Gasteiger partial charge is 0.494 e. The Bertz CT molecular complexity index is 1330. The van der Waals surface area contributed by atoms with Crippen LogP contribution in [0.4, 0.5) is 0 Å². The van der Waals surface area contributed by atoms with Gasteiger partial charge in [-0.25, -0.2) is 0 Å². The molecular formula is C32H44N4O5S. The Morgan fingerprint density at radius 1 is 1.12 bits per heavy atom. The van der Waals surface area contributed by atoms with E-state index in [0.717, 1.165) is 24.1 Å². The summed E-state index contributed by atoms with van der Waals surface area (Å²) in [6, 6.07) is 13.5. The number of aromatic nitrogens is 2. The Morgan fingerprint density at radius 2 is 1.86 bits per heavy atom. The van der Waals surface area contributed by atoms with Crippen LogP contribution in [0.15, 0.2) is 51.9 Å². The zero-order valence-electron chi connectivity index (χ0n) is 25.3. The molecule has 4 rings (SSSR count). The van der Waals surface area contributed by atoms with Crippen LogP contribution in [0.2, 0.25) is 0 Å². The van der Waals surface area contributed by atoms with E-state index in [0.29, 0.717) is 80.3 Å². The molecule has 1 unspecified atom stereocenters. The van der Waals surface area contributed by atoms with Crippen molar-refractivity contribution in [1.82, 2.24) is 15.0 Å². The molecule has 1 aliphatic rings. The van der Waals surface area contributed by atoms with E-state index in [9.17, 15) is 9.00 Å². The number of carbonyl (C=O) groups is 1. The molecular weight excluding hydrogens is 552 g/mol. The maximum absolute atomic E-state index is 13.5. The Balaban J connectivity index is 1.26. The average Bonchev–Trinajstić information content (AvgIpc) is 3.46. The number of piperidine rings is 1. The number of primary amides is 1. The lowest BCUT2D eigenvalue weighted by molar-refractivity contribution is -0.121. The number of rotatable bonds is 15. The molecule has 0 saturated carbocycles. The summed E-state index contributed by atoms with van der Waals surface area (Å²) >= 11 is 0. The number of aryl methyl sites for hydroxylation is 3. The molecule has 9 nitrogen and oxygen atoms in total. The summed E-state index contributed by atoms with van der Waals surface area (Å²) in [6.07, 6.45) is 4.45. The molecule has 1 fully saturated rings. The summed E-state index contributed by atoms with van der Waals surface area (Å²) in [5, 5.41) is 4.19. The van der Waals surface area contributed by atoms with Gasteiger partial charge < -0.3 is 24.6 Å².